The Morgan fingerprint density at radius 1 is 1.14 bits per heavy atom. The van der Waals surface area contributed by atoms with Crippen LogP contribution in [-0.2, 0) is 11.3 Å². The Morgan fingerprint density at radius 2 is 1.95 bits per heavy atom. The number of rotatable bonds is 12. The Hall–Kier alpha value is -0.810. The molecule has 0 heterocycles. The molecule has 1 rings (SSSR count). The van der Waals surface area contributed by atoms with Crippen molar-refractivity contribution in [3.8, 4) is 5.75 Å². The van der Waals surface area contributed by atoms with Crippen LogP contribution in [0.5, 0.6) is 5.75 Å². The van der Waals surface area contributed by atoms with E-state index in [2.05, 4.69) is 5.32 Å². The van der Waals surface area contributed by atoms with Gasteiger partial charge in [-0.15, -0.1) is 0 Å². The van der Waals surface area contributed by atoms with Crippen LogP contribution in [0.15, 0.2) is 18.2 Å². The van der Waals surface area contributed by atoms with Gasteiger partial charge in [0.05, 0.1) is 13.2 Å². The maximum absolute atomic E-state index is 8.73. The van der Waals surface area contributed by atoms with Gasteiger partial charge in [-0.25, -0.2) is 0 Å². The van der Waals surface area contributed by atoms with Gasteiger partial charge in [-0.1, -0.05) is 24.1 Å². The van der Waals surface area contributed by atoms with Gasteiger partial charge in [-0.3, -0.25) is 0 Å². The van der Waals surface area contributed by atoms with E-state index < -0.39 is 0 Å². The molecule has 0 aliphatic heterocycles. The Kier molecular flexibility index (Phi) is 10.3. The number of nitrogens with one attached hydrogen (secondary N) is 1. The van der Waals surface area contributed by atoms with E-state index >= 15 is 0 Å². The summed E-state index contributed by atoms with van der Waals surface area (Å²) in [5.74, 6) is 0.842. The van der Waals surface area contributed by atoms with Crippen LogP contribution in [0.25, 0.3) is 0 Å². The van der Waals surface area contributed by atoms with Gasteiger partial charge in [-0.05, 0) is 31.4 Å². The molecule has 1 aromatic carbocycles. The first-order valence-electron chi connectivity index (χ1n) is 7.50. The van der Waals surface area contributed by atoms with Crippen molar-refractivity contribution in [3.63, 3.8) is 0 Å². The first kappa shape index (κ1) is 18.2. The molecule has 4 nitrogen and oxygen atoms in total. The second kappa shape index (κ2) is 11.8. The van der Waals surface area contributed by atoms with Gasteiger partial charge in [0.1, 0.15) is 5.75 Å². The first-order chi connectivity index (χ1) is 10.3. The molecule has 2 N–H and O–H groups in total. The molecule has 0 fully saturated rings. The van der Waals surface area contributed by atoms with Crippen LogP contribution in [0.2, 0.25) is 5.02 Å². The zero-order chi connectivity index (χ0) is 15.3. The van der Waals surface area contributed by atoms with Crippen LogP contribution in [-0.4, -0.2) is 38.6 Å². The van der Waals surface area contributed by atoms with Crippen molar-refractivity contribution in [2.45, 2.75) is 32.2 Å². The van der Waals surface area contributed by atoms with E-state index in [1.165, 1.54) is 0 Å². The second-order valence-corrected chi connectivity index (χ2v) is 5.28. The molecule has 0 radical (unpaired) electrons. The number of halogens is 1. The number of hydrogen-bond acceptors (Lipinski definition) is 4. The number of hydrogen-bond donors (Lipinski definition) is 2. The van der Waals surface area contributed by atoms with Gasteiger partial charge < -0.3 is 19.9 Å². The summed E-state index contributed by atoms with van der Waals surface area (Å²) in [7, 11) is 1.68. The predicted octanol–water partition coefficient (Wildman–Crippen LogP) is 3.01. The molecular weight excluding hydrogens is 290 g/mol. The molecule has 0 saturated heterocycles. The fraction of sp³-hybridized carbons (Fsp3) is 0.625. The minimum Gasteiger partial charge on any atom is -0.493 e. The molecular formula is C16H26ClNO3. The van der Waals surface area contributed by atoms with Crippen LogP contribution in [0.1, 0.15) is 31.2 Å². The van der Waals surface area contributed by atoms with Crippen LogP contribution in [0.4, 0.5) is 0 Å². The SMILES string of the molecule is COCCNCc1c(Cl)cccc1OCCCCCCO. The lowest BCUT2D eigenvalue weighted by molar-refractivity contribution is 0.199. The average molecular weight is 316 g/mol. The van der Waals surface area contributed by atoms with Gasteiger partial charge in [0.2, 0.25) is 0 Å². The topological polar surface area (TPSA) is 50.7 Å². The smallest absolute Gasteiger partial charge is 0.125 e. The van der Waals surface area contributed by atoms with Crippen molar-refractivity contribution in [2.24, 2.45) is 0 Å². The summed E-state index contributed by atoms with van der Waals surface area (Å²) in [4.78, 5) is 0. The molecule has 21 heavy (non-hydrogen) atoms. The van der Waals surface area contributed by atoms with Crippen molar-refractivity contribution in [3.05, 3.63) is 28.8 Å². The Bertz CT molecular complexity index is 388. The van der Waals surface area contributed by atoms with E-state index in [1.807, 2.05) is 18.2 Å². The van der Waals surface area contributed by atoms with Crippen molar-refractivity contribution in [2.75, 3.05) is 33.5 Å². The minimum atomic E-state index is 0.270. The lowest BCUT2D eigenvalue weighted by Gasteiger charge is -2.13. The molecule has 0 amide bonds. The quantitative estimate of drug-likeness (QED) is 0.582. The molecule has 0 unspecified atom stereocenters. The van der Waals surface area contributed by atoms with E-state index in [0.29, 0.717) is 19.8 Å². The lowest BCUT2D eigenvalue weighted by Crippen LogP contribution is -2.19. The molecule has 1 aromatic rings. The molecule has 0 atom stereocenters. The highest BCUT2D eigenvalue weighted by atomic mass is 35.5. The number of methoxy groups -OCH3 is 1. The summed E-state index contributed by atoms with van der Waals surface area (Å²) in [5, 5.41) is 12.7. The van der Waals surface area contributed by atoms with Gasteiger partial charge in [0.15, 0.2) is 0 Å². The van der Waals surface area contributed by atoms with E-state index in [0.717, 1.165) is 48.6 Å². The van der Waals surface area contributed by atoms with E-state index in [1.54, 1.807) is 7.11 Å². The van der Waals surface area contributed by atoms with Crippen molar-refractivity contribution < 1.29 is 14.6 Å². The largest absolute Gasteiger partial charge is 0.493 e. The van der Waals surface area contributed by atoms with Crippen LogP contribution < -0.4 is 10.1 Å². The number of unbranched alkanes of at least 4 members (excludes halogenated alkanes) is 3. The van der Waals surface area contributed by atoms with Crippen LogP contribution in [0.3, 0.4) is 0 Å². The highest BCUT2D eigenvalue weighted by Gasteiger charge is 2.07. The minimum absolute atomic E-state index is 0.270. The molecule has 0 aromatic heterocycles. The zero-order valence-electron chi connectivity index (χ0n) is 12.7. The Balaban J connectivity index is 2.39. The van der Waals surface area contributed by atoms with Crippen molar-refractivity contribution >= 4 is 11.6 Å². The number of benzene rings is 1. The maximum Gasteiger partial charge on any atom is 0.125 e. The summed E-state index contributed by atoms with van der Waals surface area (Å²) in [5.41, 5.74) is 0.991. The van der Waals surface area contributed by atoms with E-state index in [-0.39, 0.29) is 6.61 Å². The predicted molar refractivity (Wildman–Crippen MR) is 86.1 cm³/mol. The zero-order valence-corrected chi connectivity index (χ0v) is 13.5. The maximum atomic E-state index is 8.73. The molecule has 0 saturated carbocycles. The Labute approximate surface area is 132 Å². The summed E-state index contributed by atoms with van der Waals surface area (Å²) in [6.45, 7) is 3.07. The van der Waals surface area contributed by atoms with Gasteiger partial charge in [0, 0.05) is 37.4 Å². The highest BCUT2D eigenvalue weighted by Crippen LogP contribution is 2.26. The molecule has 0 spiro atoms. The van der Waals surface area contributed by atoms with E-state index in [9.17, 15) is 0 Å². The summed E-state index contributed by atoms with van der Waals surface area (Å²) in [6.07, 6.45) is 3.97. The van der Waals surface area contributed by atoms with Crippen LogP contribution in [0, 0.1) is 0 Å². The lowest BCUT2D eigenvalue weighted by atomic mass is 10.2. The third-order valence-corrected chi connectivity index (χ3v) is 3.52. The molecule has 0 aliphatic carbocycles. The summed E-state index contributed by atoms with van der Waals surface area (Å²) < 4.78 is 10.8. The number of ether oxygens (including phenoxy) is 2. The van der Waals surface area contributed by atoms with Crippen LogP contribution >= 0.6 is 11.6 Å². The fourth-order valence-corrected chi connectivity index (χ4v) is 2.22. The summed E-state index contributed by atoms with van der Waals surface area (Å²) >= 11 is 6.24. The first-order valence-corrected chi connectivity index (χ1v) is 7.88. The number of aliphatic hydroxyl groups is 1. The fourth-order valence-electron chi connectivity index (χ4n) is 1.98. The number of aliphatic hydroxyl groups excluding tert-OH is 1. The summed E-state index contributed by atoms with van der Waals surface area (Å²) in [6, 6.07) is 5.73. The van der Waals surface area contributed by atoms with Gasteiger partial charge in [-0.2, -0.15) is 0 Å². The molecule has 0 bridgehead atoms. The molecule has 120 valence electrons. The second-order valence-electron chi connectivity index (χ2n) is 4.87. The Morgan fingerprint density at radius 3 is 2.71 bits per heavy atom. The van der Waals surface area contributed by atoms with Gasteiger partial charge in [0.25, 0.3) is 0 Å². The van der Waals surface area contributed by atoms with Crippen molar-refractivity contribution in [1.29, 1.82) is 0 Å². The standard InChI is InChI=1S/C16H26ClNO3/c1-20-12-9-18-13-14-15(17)7-6-8-16(14)21-11-5-3-2-4-10-19/h6-8,18-19H,2-5,9-13H2,1H3. The van der Waals surface area contributed by atoms with Gasteiger partial charge >= 0.3 is 0 Å². The third kappa shape index (κ3) is 7.67. The average Bonchev–Trinajstić information content (AvgIpc) is 2.49. The third-order valence-electron chi connectivity index (χ3n) is 3.17. The highest BCUT2D eigenvalue weighted by molar-refractivity contribution is 6.31. The molecule has 5 heteroatoms. The molecule has 0 aliphatic rings. The van der Waals surface area contributed by atoms with E-state index in [4.69, 9.17) is 26.2 Å². The monoisotopic (exact) mass is 315 g/mol. The van der Waals surface area contributed by atoms with Crippen molar-refractivity contribution in [1.82, 2.24) is 5.32 Å². The normalized spacial score (nSPS) is 10.8.